The van der Waals surface area contributed by atoms with E-state index in [2.05, 4.69) is 5.32 Å². The Hall–Kier alpha value is -3.64. The van der Waals surface area contributed by atoms with Gasteiger partial charge in [0, 0.05) is 13.1 Å². The van der Waals surface area contributed by atoms with Crippen molar-refractivity contribution in [3.05, 3.63) is 54.6 Å². The molecule has 2 aromatic rings. The summed E-state index contributed by atoms with van der Waals surface area (Å²) < 4.78 is 42.0. The zero-order chi connectivity index (χ0) is 31.0. The summed E-state index contributed by atoms with van der Waals surface area (Å²) in [6.07, 6.45) is 0.538. The van der Waals surface area contributed by atoms with Crippen molar-refractivity contribution in [3.8, 4) is 11.5 Å². The molecule has 11 nitrogen and oxygen atoms in total. The van der Waals surface area contributed by atoms with Crippen molar-refractivity contribution in [1.29, 1.82) is 0 Å². The standard InChI is InChI=1S/C30H41N3O8S/c1-29(2,3)41-28(36)32-25(12-8-9-19-31)26(34)33-20-17-30(18-21-33,27(35)39-4)42(37,38)24-15-13-23(14-16-24)40-22-10-6-5-7-11-22/h5-7,10-11,13-16,25H,8-9,12,17-21,31H2,1-4H3,(H,32,36)/t25-/m0/s1. The van der Waals surface area contributed by atoms with E-state index in [1.807, 2.05) is 18.2 Å². The number of unbranched alkanes of at least 4 members (excludes halogenated alkanes) is 1. The van der Waals surface area contributed by atoms with Gasteiger partial charge in [-0.15, -0.1) is 0 Å². The van der Waals surface area contributed by atoms with Crippen LogP contribution in [0.4, 0.5) is 4.79 Å². The van der Waals surface area contributed by atoms with E-state index in [0.717, 1.165) is 7.11 Å². The van der Waals surface area contributed by atoms with Crippen molar-refractivity contribution < 1.29 is 37.0 Å². The molecule has 3 rings (SSSR count). The molecule has 1 saturated heterocycles. The van der Waals surface area contributed by atoms with Gasteiger partial charge in [-0.25, -0.2) is 13.2 Å². The van der Waals surface area contributed by atoms with E-state index in [1.165, 1.54) is 29.2 Å². The van der Waals surface area contributed by atoms with Gasteiger partial charge in [-0.3, -0.25) is 9.59 Å². The normalized spacial score (nSPS) is 15.8. The van der Waals surface area contributed by atoms with Crippen LogP contribution in [0.5, 0.6) is 11.5 Å². The minimum atomic E-state index is -4.22. The maximum absolute atomic E-state index is 13.9. The van der Waals surface area contributed by atoms with Gasteiger partial charge in [-0.1, -0.05) is 18.2 Å². The molecule has 230 valence electrons. The lowest BCUT2D eigenvalue weighted by Gasteiger charge is -2.40. The van der Waals surface area contributed by atoms with E-state index in [1.54, 1.807) is 32.9 Å². The van der Waals surface area contributed by atoms with Gasteiger partial charge in [-0.05, 0) is 95.8 Å². The first-order valence-electron chi connectivity index (χ1n) is 14.0. The fraction of sp³-hybridized carbons (Fsp3) is 0.500. The molecule has 0 saturated carbocycles. The van der Waals surface area contributed by atoms with Crippen molar-refractivity contribution in [2.45, 2.75) is 74.2 Å². The number of amides is 2. The van der Waals surface area contributed by atoms with Crippen LogP contribution in [0.25, 0.3) is 0 Å². The van der Waals surface area contributed by atoms with Gasteiger partial charge in [0.25, 0.3) is 0 Å². The van der Waals surface area contributed by atoms with Gasteiger partial charge in [-0.2, -0.15) is 0 Å². The average molecular weight is 604 g/mol. The molecule has 0 spiro atoms. The number of carbonyl (C=O) groups is 3. The number of nitrogens with one attached hydrogen (secondary N) is 1. The summed E-state index contributed by atoms with van der Waals surface area (Å²) in [6, 6.07) is 14.0. The fourth-order valence-electron chi connectivity index (χ4n) is 4.81. The number of carbonyl (C=O) groups excluding carboxylic acids is 3. The van der Waals surface area contributed by atoms with Crippen molar-refractivity contribution in [1.82, 2.24) is 10.2 Å². The topological polar surface area (TPSA) is 154 Å². The number of sulfone groups is 1. The fourth-order valence-corrected chi connectivity index (χ4v) is 6.78. The maximum atomic E-state index is 13.9. The zero-order valence-corrected chi connectivity index (χ0v) is 25.4. The van der Waals surface area contributed by atoms with Crippen LogP contribution >= 0.6 is 0 Å². The van der Waals surface area contributed by atoms with Crippen LogP contribution in [0.15, 0.2) is 59.5 Å². The molecule has 1 aliphatic rings. The summed E-state index contributed by atoms with van der Waals surface area (Å²) in [6.45, 7) is 5.56. The van der Waals surface area contributed by atoms with Gasteiger partial charge < -0.3 is 30.2 Å². The molecule has 0 aliphatic carbocycles. The number of nitrogens with two attached hydrogens (primary N) is 1. The van der Waals surface area contributed by atoms with Gasteiger partial charge in [0.1, 0.15) is 23.1 Å². The first-order valence-corrected chi connectivity index (χ1v) is 15.5. The highest BCUT2D eigenvalue weighted by molar-refractivity contribution is 7.93. The number of ether oxygens (including phenoxy) is 3. The summed E-state index contributed by atoms with van der Waals surface area (Å²) >= 11 is 0. The second-order valence-corrected chi connectivity index (χ2v) is 13.4. The second kappa shape index (κ2) is 14.0. The lowest BCUT2D eigenvalue weighted by Crippen LogP contribution is -2.58. The van der Waals surface area contributed by atoms with Crippen molar-refractivity contribution in [3.63, 3.8) is 0 Å². The van der Waals surface area contributed by atoms with Crippen molar-refractivity contribution >= 4 is 27.8 Å². The van der Waals surface area contributed by atoms with Gasteiger partial charge in [0.05, 0.1) is 12.0 Å². The number of piperidine rings is 1. The number of nitrogens with zero attached hydrogens (tertiary/aromatic N) is 1. The third-order valence-corrected chi connectivity index (χ3v) is 9.50. The van der Waals surface area contributed by atoms with Gasteiger partial charge in [0.2, 0.25) is 5.91 Å². The molecule has 1 aliphatic heterocycles. The molecule has 1 fully saturated rings. The molecule has 0 bridgehead atoms. The van der Waals surface area contributed by atoms with E-state index in [9.17, 15) is 22.8 Å². The second-order valence-electron chi connectivity index (χ2n) is 11.2. The molecule has 1 atom stereocenters. The van der Waals surface area contributed by atoms with Crippen LogP contribution in [0, 0.1) is 0 Å². The van der Waals surface area contributed by atoms with Gasteiger partial charge in [0.15, 0.2) is 14.6 Å². The SMILES string of the molecule is COC(=O)C1(S(=O)(=O)c2ccc(Oc3ccccc3)cc2)CCN(C(=O)[C@H](CCCCN)NC(=O)OC(C)(C)C)CC1. The number of benzene rings is 2. The Morgan fingerprint density at radius 2 is 1.57 bits per heavy atom. The molecule has 2 aromatic carbocycles. The monoisotopic (exact) mass is 603 g/mol. The van der Waals surface area contributed by atoms with Crippen molar-refractivity contribution in [2.75, 3.05) is 26.7 Å². The molecule has 42 heavy (non-hydrogen) atoms. The van der Waals surface area contributed by atoms with E-state index >= 15 is 0 Å². The van der Waals surface area contributed by atoms with E-state index in [0.29, 0.717) is 37.3 Å². The van der Waals surface area contributed by atoms with Crippen LogP contribution in [0.3, 0.4) is 0 Å². The Labute approximate surface area is 247 Å². The lowest BCUT2D eigenvalue weighted by molar-refractivity contribution is -0.147. The number of rotatable bonds is 11. The first-order chi connectivity index (χ1) is 19.8. The van der Waals surface area contributed by atoms with Crippen LogP contribution in [-0.2, 0) is 28.9 Å². The summed E-state index contributed by atoms with van der Waals surface area (Å²) in [5, 5.41) is 2.65. The Kier molecular flexibility index (Phi) is 11.0. The Morgan fingerprint density at radius 1 is 0.976 bits per heavy atom. The smallest absolute Gasteiger partial charge is 0.408 e. The molecule has 3 N–H and O–H groups in total. The number of para-hydroxylation sites is 1. The number of likely N-dealkylation sites (tertiary alicyclic amines) is 1. The zero-order valence-electron chi connectivity index (χ0n) is 24.6. The minimum absolute atomic E-state index is 0.0221. The average Bonchev–Trinajstić information content (AvgIpc) is 2.95. The van der Waals surface area contributed by atoms with Gasteiger partial charge >= 0.3 is 12.1 Å². The summed E-state index contributed by atoms with van der Waals surface area (Å²) in [5.74, 6) is -0.230. The van der Waals surface area contributed by atoms with Crippen LogP contribution < -0.4 is 15.8 Å². The lowest BCUT2D eigenvalue weighted by atomic mass is 9.94. The van der Waals surface area contributed by atoms with Crippen LogP contribution in [-0.4, -0.2) is 74.4 Å². The molecule has 12 heteroatoms. The quantitative estimate of drug-likeness (QED) is 0.288. The van der Waals surface area contributed by atoms with Crippen molar-refractivity contribution in [2.24, 2.45) is 5.73 Å². The Bertz CT molecular complexity index is 1320. The molecule has 1 heterocycles. The third-order valence-electron chi connectivity index (χ3n) is 7.00. The number of alkyl carbamates (subject to hydrolysis) is 1. The molecule has 0 unspecified atom stereocenters. The first kappa shape index (κ1) is 32.9. The minimum Gasteiger partial charge on any atom is -0.468 e. The molecular formula is C30H41N3O8S. The summed E-state index contributed by atoms with van der Waals surface area (Å²) in [5.41, 5.74) is 4.86. The highest BCUT2D eigenvalue weighted by Crippen LogP contribution is 2.38. The number of esters is 1. The maximum Gasteiger partial charge on any atom is 0.408 e. The van der Waals surface area contributed by atoms with E-state index in [-0.39, 0.29) is 36.7 Å². The highest BCUT2D eigenvalue weighted by Gasteiger charge is 2.54. The number of hydrogen-bond donors (Lipinski definition) is 2. The third kappa shape index (κ3) is 8.01. The van der Waals surface area contributed by atoms with E-state index < -0.39 is 38.3 Å². The predicted molar refractivity (Wildman–Crippen MR) is 157 cm³/mol. The number of hydrogen-bond acceptors (Lipinski definition) is 9. The number of methoxy groups -OCH3 is 1. The molecule has 2 amide bonds. The largest absolute Gasteiger partial charge is 0.468 e. The predicted octanol–water partition coefficient (Wildman–Crippen LogP) is 3.81. The highest BCUT2D eigenvalue weighted by atomic mass is 32.2. The molecular weight excluding hydrogens is 562 g/mol. The van der Waals surface area contributed by atoms with Crippen LogP contribution in [0.1, 0.15) is 52.9 Å². The Morgan fingerprint density at radius 3 is 2.12 bits per heavy atom. The Balaban J connectivity index is 1.78. The summed E-state index contributed by atoms with van der Waals surface area (Å²) in [4.78, 5) is 40.4. The summed E-state index contributed by atoms with van der Waals surface area (Å²) in [7, 11) is -3.08. The molecule has 0 aromatic heterocycles. The van der Waals surface area contributed by atoms with E-state index in [4.69, 9.17) is 19.9 Å². The molecule has 0 radical (unpaired) electrons. The van der Waals surface area contributed by atoms with Crippen LogP contribution in [0.2, 0.25) is 0 Å².